The fourth-order valence-electron chi connectivity index (χ4n) is 1.42. The lowest BCUT2D eigenvalue weighted by Gasteiger charge is -2.09. The molecule has 0 amide bonds. The summed E-state index contributed by atoms with van der Waals surface area (Å²) >= 11 is 15.3. The molecule has 2 rings (SSSR count). The number of rotatable bonds is 3. The zero-order chi connectivity index (χ0) is 13.1. The van der Waals surface area contributed by atoms with E-state index in [1.165, 1.54) is 0 Å². The van der Waals surface area contributed by atoms with E-state index in [1.54, 1.807) is 18.2 Å². The van der Waals surface area contributed by atoms with Gasteiger partial charge in [-0.2, -0.15) is 0 Å². The van der Waals surface area contributed by atoms with Crippen molar-refractivity contribution < 1.29 is 0 Å². The van der Waals surface area contributed by atoms with Crippen molar-refractivity contribution in [2.24, 2.45) is 0 Å². The van der Waals surface area contributed by atoms with Crippen LogP contribution in [0.3, 0.4) is 0 Å². The summed E-state index contributed by atoms with van der Waals surface area (Å²) in [5.41, 5.74) is 0.758. The van der Waals surface area contributed by atoms with Crippen LogP contribution in [0.15, 0.2) is 28.9 Å². The third kappa shape index (κ3) is 3.34. The van der Waals surface area contributed by atoms with Gasteiger partial charge in [-0.1, -0.05) is 30.1 Å². The summed E-state index contributed by atoms with van der Waals surface area (Å²) in [6.07, 6.45) is 0.766. The molecule has 1 aromatic carbocycles. The van der Waals surface area contributed by atoms with E-state index in [0.29, 0.717) is 15.9 Å². The Bertz CT molecular complexity index is 575. The van der Waals surface area contributed by atoms with Crippen molar-refractivity contribution in [2.45, 2.75) is 13.3 Å². The Morgan fingerprint density at radius 1 is 1.22 bits per heavy atom. The molecule has 0 bridgehead atoms. The number of halogens is 3. The van der Waals surface area contributed by atoms with Crippen LogP contribution in [0.2, 0.25) is 10.0 Å². The molecule has 0 fully saturated rings. The molecule has 0 aliphatic rings. The molecule has 1 heterocycles. The number of nitrogens with zero attached hydrogens (tertiary/aromatic N) is 2. The first-order valence-corrected chi connectivity index (χ1v) is 6.89. The highest BCUT2D eigenvalue weighted by Crippen LogP contribution is 2.28. The van der Waals surface area contributed by atoms with Crippen molar-refractivity contribution in [1.82, 2.24) is 9.97 Å². The number of nitrogens with one attached hydrogen (secondary N) is 1. The van der Waals surface area contributed by atoms with Crippen LogP contribution in [0.4, 0.5) is 11.5 Å². The normalized spacial score (nSPS) is 10.4. The molecular formula is C12H10BrCl2N3. The van der Waals surface area contributed by atoms with Gasteiger partial charge in [0.15, 0.2) is 0 Å². The summed E-state index contributed by atoms with van der Waals surface area (Å²) in [7, 11) is 0. The molecule has 1 N–H and O–H groups in total. The summed E-state index contributed by atoms with van der Waals surface area (Å²) in [4.78, 5) is 8.61. The SMILES string of the molecule is CCc1nc(Br)cc(Nc2ccc(Cl)cc2Cl)n1. The summed E-state index contributed by atoms with van der Waals surface area (Å²) < 4.78 is 0.738. The number of hydrogen-bond acceptors (Lipinski definition) is 3. The third-order valence-corrected chi connectivity index (χ3v) is 3.21. The number of benzene rings is 1. The fraction of sp³-hybridized carbons (Fsp3) is 0.167. The summed E-state index contributed by atoms with van der Waals surface area (Å²) in [6.45, 7) is 2.00. The topological polar surface area (TPSA) is 37.8 Å². The van der Waals surface area contributed by atoms with Gasteiger partial charge in [0.2, 0.25) is 0 Å². The van der Waals surface area contributed by atoms with Crippen LogP contribution in [0.25, 0.3) is 0 Å². The van der Waals surface area contributed by atoms with E-state index in [0.717, 1.165) is 22.5 Å². The Morgan fingerprint density at radius 2 is 2.00 bits per heavy atom. The number of aromatic nitrogens is 2. The van der Waals surface area contributed by atoms with E-state index in [1.807, 2.05) is 13.0 Å². The Hall–Kier alpha value is -0.840. The van der Waals surface area contributed by atoms with Crippen molar-refractivity contribution in [3.63, 3.8) is 0 Å². The Labute approximate surface area is 124 Å². The zero-order valence-corrected chi connectivity index (χ0v) is 12.6. The average Bonchev–Trinajstić information content (AvgIpc) is 2.32. The van der Waals surface area contributed by atoms with Crippen LogP contribution in [0, 0.1) is 0 Å². The smallest absolute Gasteiger partial charge is 0.135 e. The van der Waals surface area contributed by atoms with Gasteiger partial charge < -0.3 is 5.32 Å². The van der Waals surface area contributed by atoms with Gasteiger partial charge in [0.05, 0.1) is 10.7 Å². The third-order valence-electron chi connectivity index (χ3n) is 2.25. The van der Waals surface area contributed by atoms with Crippen molar-refractivity contribution in [1.29, 1.82) is 0 Å². The summed E-state index contributed by atoms with van der Waals surface area (Å²) in [5, 5.41) is 4.30. The van der Waals surface area contributed by atoms with Crippen molar-refractivity contribution >= 4 is 50.6 Å². The molecule has 0 radical (unpaired) electrons. The number of hydrogen-bond donors (Lipinski definition) is 1. The Balaban J connectivity index is 2.30. The van der Waals surface area contributed by atoms with Crippen LogP contribution in [0.5, 0.6) is 0 Å². The van der Waals surface area contributed by atoms with Gasteiger partial charge in [0.25, 0.3) is 0 Å². The molecule has 0 unspecified atom stereocenters. The molecule has 1 aromatic heterocycles. The van der Waals surface area contributed by atoms with E-state index in [9.17, 15) is 0 Å². The molecule has 0 atom stereocenters. The second-order valence-electron chi connectivity index (χ2n) is 3.59. The molecule has 0 spiro atoms. The second-order valence-corrected chi connectivity index (χ2v) is 5.25. The molecule has 0 saturated heterocycles. The fourth-order valence-corrected chi connectivity index (χ4v) is 2.29. The first kappa shape index (κ1) is 13.6. The van der Waals surface area contributed by atoms with E-state index in [2.05, 4.69) is 31.2 Å². The molecule has 2 aromatic rings. The van der Waals surface area contributed by atoms with Gasteiger partial charge in [0.1, 0.15) is 16.2 Å². The van der Waals surface area contributed by atoms with Crippen LogP contribution >= 0.6 is 39.1 Å². The van der Waals surface area contributed by atoms with Crippen molar-refractivity contribution in [3.8, 4) is 0 Å². The number of aryl methyl sites for hydroxylation is 1. The van der Waals surface area contributed by atoms with Crippen LogP contribution in [0.1, 0.15) is 12.7 Å². The molecule has 94 valence electrons. The highest BCUT2D eigenvalue weighted by molar-refractivity contribution is 9.10. The van der Waals surface area contributed by atoms with Gasteiger partial charge in [-0.05, 0) is 34.1 Å². The predicted octanol–water partition coefficient (Wildman–Crippen LogP) is 4.85. The van der Waals surface area contributed by atoms with Gasteiger partial charge in [-0.15, -0.1) is 0 Å². The van der Waals surface area contributed by atoms with Gasteiger partial charge in [-0.3, -0.25) is 0 Å². The second kappa shape index (κ2) is 5.87. The first-order valence-electron chi connectivity index (χ1n) is 5.34. The average molecular weight is 347 g/mol. The van der Waals surface area contributed by atoms with Crippen LogP contribution in [-0.2, 0) is 6.42 Å². The molecule has 18 heavy (non-hydrogen) atoms. The maximum atomic E-state index is 6.09. The van der Waals surface area contributed by atoms with E-state index < -0.39 is 0 Å². The zero-order valence-electron chi connectivity index (χ0n) is 9.54. The molecule has 3 nitrogen and oxygen atoms in total. The summed E-state index contributed by atoms with van der Waals surface area (Å²) in [5.74, 6) is 1.45. The minimum absolute atomic E-state index is 0.551. The molecule has 0 aliphatic heterocycles. The van der Waals surface area contributed by atoms with Crippen molar-refractivity contribution in [2.75, 3.05) is 5.32 Å². The highest BCUT2D eigenvalue weighted by atomic mass is 79.9. The lowest BCUT2D eigenvalue weighted by atomic mass is 10.3. The minimum Gasteiger partial charge on any atom is -0.339 e. The first-order chi connectivity index (χ1) is 8.58. The van der Waals surface area contributed by atoms with Crippen LogP contribution in [-0.4, -0.2) is 9.97 Å². The monoisotopic (exact) mass is 345 g/mol. The minimum atomic E-state index is 0.551. The quantitative estimate of drug-likeness (QED) is 0.807. The van der Waals surface area contributed by atoms with E-state index in [4.69, 9.17) is 23.2 Å². The van der Waals surface area contributed by atoms with Gasteiger partial charge in [-0.25, -0.2) is 9.97 Å². The number of anilines is 2. The molecule has 0 aliphatic carbocycles. The Kier molecular flexibility index (Phi) is 4.43. The maximum Gasteiger partial charge on any atom is 0.135 e. The molecule has 0 saturated carbocycles. The van der Waals surface area contributed by atoms with Crippen LogP contribution < -0.4 is 5.32 Å². The largest absolute Gasteiger partial charge is 0.339 e. The maximum absolute atomic E-state index is 6.09. The highest BCUT2D eigenvalue weighted by Gasteiger charge is 2.05. The predicted molar refractivity (Wildman–Crippen MR) is 78.9 cm³/mol. The lowest BCUT2D eigenvalue weighted by molar-refractivity contribution is 0.931. The molecular weight excluding hydrogens is 337 g/mol. The standard InChI is InChI=1S/C12H10BrCl2N3/c1-2-11-17-10(13)6-12(18-11)16-9-4-3-7(14)5-8(9)15/h3-6H,2H2,1H3,(H,16,17,18). The van der Waals surface area contributed by atoms with Crippen molar-refractivity contribution in [3.05, 3.63) is 44.7 Å². The van der Waals surface area contributed by atoms with Gasteiger partial charge >= 0.3 is 0 Å². The summed E-state index contributed by atoms with van der Waals surface area (Å²) in [6, 6.07) is 7.06. The van der Waals surface area contributed by atoms with E-state index >= 15 is 0 Å². The lowest BCUT2D eigenvalue weighted by Crippen LogP contribution is -2.00. The molecule has 6 heteroatoms. The van der Waals surface area contributed by atoms with E-state index in [-0.39, 0.29) is 0 Å². The van der Waals surface area contributed by atoms with Gasteiger partial charge in [0, 0.05) is 17.5 Å². The Morgan fingerprint density at radius 3 is 2.67 bits per heavy atom.